The number of esters is 1. The molecule has 0 aliphatic heterocycles. The highest BCUT2D eigenvalue weighted by Crippen LogP contribution is 2.10. The Morgan fingerprint density at radius 3 is 2.47 bits per heavy atom. The minimum Gasteiger partial charge on any atom is -0.454 e. The zero-order valence-electron chi connectivity index (χ0n) is 10.1. The number of ketones is 1. The summed E-state index contributed by atoms with van der Waals surface area (Å²) >= 11 is 0. The van der Waals surface area contributed by atoms with Gasteiger partial charge in [-0.25, -0.2) is 0 Å². The molecular weight excluding hydrogens is 216 g/mol. The van der Waals surface area contributed by atoms with Gasteiger partial charge in [-0.1, -0.05) is 42.5 Å². The fourth-order valence-electron chi connectivity index (χ4n) is 1.46. The highest BCUT2D eigenvalue weighted by Gasteiger charge is 2.21. The highest BCUT2D eigenvalue weighted by molar-refractivity contribution is 6.00. The monoisotopic (exact) mass is 232 g/mol. The maximum absolute atomic E-state index is 12.1. The van der Waals surface area contributed by atoms with Crippen molar-refractivity contribution in [2.75, 3.05) is 0 Å². The van der Waals surface area contributed by atoms with Gasteiger partial charge in [-0.2, -0.15) is 0 Å². The van der Waals surface area contributed by atoms with Gasteiger partial charge in [-0.3, -0.25) is 9.59 Å². The van der Waals surface area contributed by atoms with E-state index in [4.69, 9.17) is 4.74 Å². The first-order chi connectivity index (χ1) is 8.15. The number of ether oxygens (including phenoxy) is 1. The number of hydrogen-bond acceptors (Lipinski definition) is 3. The van der Waals surface area contributed by atoms with Crippen LogP contribution in [0.3, 0.4) is 0 Å². The number of Topliss-reactive ketones (excluding diaryl/α,β-unsaturated/α-hetero) is 1. The molecule has 3 heteroatoms. The molecule has 0 fully saturated rings. The summed E-state index contributed by atoms with van der Waals surface area (Å²) in [6, 6.07) is 8.84. The van der Waals surface area contributed by atoms with Crippen molar-refractivity contribution in [1.82, 2.24) is 0 Å². The lowest BCUT2D eigenvalue weighted by atomic mass is 10.0. The Kier molecular flexibility index (Phi) is 5.14. The van der Waals surface area contributed by atoms with Gasteiger partial charge in [-0.05, 0) is 6.92 Å². The zero-order chi connectivity index (χ0) is 12.7. The Labute approximate surface area is 101 Å². The number of allylic oxidation sites excluding steroid dienone is 1. The molecule has 1 aromatic rings. The summed E-state index contributed by atoms with van der Waals surface area (Å²) < 4.78 is 5.03. The van der Waals surface area contributed by atoms with Gasteiger partial charge in [0.2, 0.25) is 5.78 Å². The maximum Gasteiger partial charge on any atom is 0.303 e. The SMILES string of the molecule is CC=CCC(OC(C)=O)C(=O)c1ccccc1. The lowest BCUT2D eigenvalue weighted by molar-refractivity contribution is -0.144. The van der Waals surface area contributed by atoms with Crippen LogP contribution < -0.4 is 0 Å². The third kappa shape index (κ3) is 4.23. The van der Waals surface area contributed by atoms with Crippen molar-refractivity contribution in [2.24, 2.45) is 0 Å². The first-order valence-electron chi connectivity index (χ1n) is 5.52. The van der Waals surface area contributed by atoms with E-state index in [1.54, 1.807) is 24.3 Å². The molecule has 0 N–H and O–H groups in total. The van der Waals surface area contributed by atoms with Crippen LogP contribution in [0, 0.1) is 0 Å². The zero-order valence-corrected chi connectivity index (χ0v) is 10.1. The van der Waals surface area contributed by atoms with Crippen LogP contribution in [0.4, 0.5) is 0 Å². The molecule has 1 aromatic carbocycles. The number of benzene rings is 1. The maximum atomic E-state index is 12.1. The first-order valence-corrected chi connectivity index (χ1v) is 5.52. The van der Waals surface area contributed by atoms with Crippen molar-refractivity contribution in [3.63, 3.8) is 0 Å². The molecule has 0 spiro atoms. The minimum atomic E-state index is -0.730. The van der Waals surface area contributed by atoms with E-state index in [2.05, 4.69) is 0 Å². The van der Waals surface area contributed by atoms with E-state index in [1.165, 1.54) is 6.92 Å². The average Bonchev–Trinajstić information content (AvgIpc) is 2.34. The van der Waals surface area contributed by atoms with Crippen LogP contribution in [0.15, 0.2) is 42.5 Å². The quantitative estimate of drug-likeness (QED) is 0.445. The van der Waals surface area contributed by atoms with Crippen molar-refractivity contribution >= 4 is 11.8 Å². The molecule has 0 radical (unpaired) electrons. The lowest BCUT2D eigenvalue weighted by Crippen LogP contribution is -2.26. The Morgan fingerprint density at radius 1 is 1.29 bits per heavy atom. The predicted octanol–water partition coefficient (Wildman–Crippen LogP) is 2.77. The largest absolute Gasteiger partial charge is 0.454 e. The van der Waals surface area contributed by atoms with Gasteiger partial charge < -0.3 is 4.74 Å². The van der Waals surface area contributed by atoms with Gasteiger partial charge in [0.05, 0.1) is 0 Å². The van der Waals surface area contributed by atoms with E-state index in [0.29, 0.717) is 12.0 Å². The number of carbonyl (C=O) groups excluding carboxylic acids is 2. The van der Waals surface area contributed by atoms with E-state index in [-0.39, 0.29) is 5.78 Å². The topological polar surface area (TPSA) is 43.4 Å². The third-order valence-corrected chi connectivity index (χ3v) is 2.24. The molecule has 1 rings (SSSR count). The summed E-state index contributed by atoms with van der Waals surface area (Å²) in [5, 5.41) is 0. The molecule has 0 heterocycles. The molecule has 0 aliphatic rings. The number of carbonyl (C=O) groups is 2. The summed E-state index contributed by atoms with van der Waals surface area (Å²) in [4.78, 5) is 23.0. The molecule has 0 aromatic heterocycles. The normalized spacial score (nSPS) is 12.4. The standard InChI is InChI=1S/C14H16O3/c1-3-4-10-13(17-11(2)15)14(16)12-8-6-5-7-9-12/h3-9,13H,10H2,1-2H3. The Hall–Kier alpha value is -1.90. The summed E-state index contributed by atoms with van der Waals surface area (Å²) in [5.41, 5.74) is 0.559. The lowest BCUT2D eigenvalue weighted by Gasteiger charge is -2.14. The molecule has 0 saturated carbocycles. The van der Waals surface area contributed by atoms with Crippen molar-refractivity contribution in [3.05, 3.63) is 48.0 Å². The van der Waals surface area contributed by atoms with Crippen molar-refractivity contribution in [3.8, 4) is 0 Å². The molecular formula is C14H16O3. The van der Waals surface area contributed by atoms with Crippen LogP contribution in [0.25, 0.3) is 0 Å². The second-order valence-corrected chi connectivity index (χ2v) is 3.63. The highest BCUT2D eigenvalue weighted by atomic mass is 16.5. The fourth-order valence-corrected chi connectivity index (χ4v) is 1.46. The Bertz CT molecular complexity index is 407. The summed E-state index contributed by atoms with van der Waals surface area (Å²) in [7, 11) is 0. The number of rotatable bonds is 5. The molecule has 17 heavy (non-hydrogen) atoms. The van der Waals surface area contributed by atoms with Crippen molar-refractivity contribution in [2.45, 2.75) is 26.4 Å². The van der Waals surface area contributed by atoms with Crippen LogP contribution in [0.1, 0.15) is 30.6 Å². The smallest absolute Gasteiger partial charge is 0.303 e. The first kappa shape index (κ1) is 13.2. The van der Waals surface area contributed by atoms with Crippen LogP contribution in [0.2, 0.25) is 0 Å². The Morgan fingerprint density at radius 2 is 1.94 bits per heavy atom. The molecule has 0 saturated heterocycles. The van der Waals surface area contributed by atoms with Crippen LogP contribution in [-0.2, 0) is 9.53 Å². The molecule has 0 bridgehead atoms. The summed E-state index contributed by atoms with van der Waals surface area (Å²) in [5.74, 6) is -0.609. The van der Waals surface area contributed by atoms with Crippen LogP contribution in [0.5, 0.6) is 0 Å². The molecule has 3 nitrogen and oxygen atoms in total. The van der Waals surface area contributed by atoms with E-state index >= 15 is 0 Å². The molecule has 0 amide bonds. The van der Waals surface area contributed by atoms with Gasteiger partial charge in [0.15, 0.2) is 6.10 Å². The van der Waals surface area contributed by atoms with E-state index in [0.717, 1.165) is 0 Å². The average molecular weight is 232 g/mol. The minimum absolute atomic E-state index is 0.168. The summed E-state index contributed by atoms with van der Waals surface area (Å²) in [6.45, 7) is 3.17. The van der Waals surface area contributed by atoms with E-state index < -0.39 is 12.1 Å². The van der Waals surface area contributed by atoms with Crippen molar-refractivity contribution < 1.29 is 14.3 Å². The molecule has 1 atom stereocenters. The van der Waals surface area contributed by atoms with E-state index in [1.807, 2.05) is 25.1 Å². The summed E-state index contributed by atoms with van der Waals surface area (Å²) in [6.07, 6.45) is 3.32. The number of hydrogen-bond donors (Lipinski definition) is 0. The predicted molar refractivity (Wildman–Crippen MR) is 65.8 cm³/mol. The molecule has 90 valence electrons. The van der Waals surface area contributed by atoms with Gasteiger partial charge in [0, 0.05) is 18.9 Å². The third-order valence-electron chi connectivity index (χ3n) is 2.24. The second-order valence-electron chi connectivity index (χ2n) is 3.63. The van der Waals surface area contributed by atoms with Gasteiger partial charge >= 0.3 is 5.97 Å². The van der Waals surface area contributed by atoms with Crippen LogP contribution in [-0.4, -0.2) is 17.9 Å². The fraction of sp³-hybridized carbons (Fsp3) is 0.286. The Balaban J connectivity index is 2.82. The van der Waals surface area contributed by atoms with Crippen molar-refractivity contribution in [1.29, 1.82) is 0 Å². The van der Waals surface area contributed by atoms with E-state index in [9.17, 15) is 9.59 Å². The van der Waals surface area contributed by atoms with Crippen LogP contribution >= 0.6 is 0 Å². The molecule has 1 unspecified atom stereocenters. The second kappa shape index (κ2) is 6.63. The van der Waals surface area contributed by atoms with Gasteiger partial charge in [-0.15, -0.1) is 0 Å². The van der Waals surface area contributed by atoms with Gasteiger partial charge in [0.1, 0.15) is 0 Å². The van der Waals surface area contributed by atoms with Gasteiger partial charge in [0.25, 0.3) is 0 Å². The molecule has 0 aliphatic carbocycles.